The molecule has 0 aromatic carbocycles. The van der Waals surface area contributed by atoms with Crippen molar-refractivity contribution in [1.82, 2.24) is 14.3 Å². The number of hydrogen-bond acceptors (Lipinski definition) is 4. The monoisotopic (exact) mass is 253 g/mol. The first-order valence-corrected chi connectivity index (χ1v) is 6.44. The predicted molar refractivity (Wildman–Crippen MR) is 74.1 cm³/mol. The van der Waals surface area contributed by atoms with Crippen molar-refractivity contribution in [2.24, 2.45) is 7.05 Å². The van der Waals surface area contributed by atoms with Crippen molar-refractivity contribution in [3.63, 3.8) is 0 Å². The lowest BCUT2D eigenvalue weighted by atomic mass is 10.2. The van der Waals surface area contributed by atoms with E-state index in [2.05, 4.69) is 23.9 Å². The molecule has 2 heterocycles. The second-order valence-corrected chi connectivity index (χ2v) is 5.13. The molecule has 102 valence electrons. The predicted octanol–water partition coefficient (Wildman–Crippen LogP) is -0.0708. The van der Waals surface area contributed by atoms with Crippen molar-refractivity contribution in [3.8, 4) is 0 Å². The Morgan fingerprint density at radius 2 is 2.11 bits per heavy atom. The van der Waals surface area contributed by atoms with Gasteiger partial charge in [-0.15, -0.1) is 0 Å². The zero-order chi connectivity index (χ0) is 13.4. The molecule has 0 bridgehead atoms. The van der Waals surface area contributed by atoms with Crippen LogP contribution < -0.4 is 16.2 Å². The third-order valence-electron chi connectivity index (χ3n) is 3.87. The highest BCUT2D eigenvalue weighted by atomic mass is 16.1. The quantitative estimate of drug-likeness (QED) is 0.819. The minimum Gasteiger partial charge on any atom is -0.391 e. The fourth-order valence-electron chi connectivity index (χ4n) is 2.75. The topological polar surface area (TPSA) is 59.4 Å². The summed E-state index contributed by atoms with van der Waals surface area (Å²) in [5.74, 6) is 0.867. The molecule has 1 unspecified atom stereocenters. The summed E-state index contributed by atoms with van der Waals surface area (Å²) >= 11 is 0. The van der Waals surface area contributed by atoms with Gasteiger partial charge in [0.25, 0.3) is 5.56 Å². The normalized spacial score (nSPS) is 20.1. The van der Waals surface area contributed by atoms with Crippen molar-refractivity contribution in [3.05, 3.63) is 10.4 Å². The molecule has 0 amide bonds. The molecule has 2 N–H and O–H groups in total. The number of nitrogen functional groups attached to an aromatic ring is 1. The molecule has 1 aromatic rings. The van der Waals surface area contributed by atoms with E-state index in [0.29, 0.717) is 18.3 Å². The van der Waals surface area contributed by atoms with E-state index in [1.54, 1.807) is 4.68 Å². The molecule has 1 fully saturated rings. The van der Waals surface area contributed by atoms with E-state index in [4.69, 9.17) is 5.73 Å². The molecule has 6 heteroatoms. The van der Waals surface area contributed by atoms with Gasteiger partial charge in [0.15, 0.2) is 5.82 Å². The van der Waals surface area contributed by atoms with Crippen LogP contribution in [0.4, 0.5) is 11.5 Å². The summed E-state index contributed by atoms with van der Waals surface area (Å²) in [5, 5.41) is 0. The third-order valence-corrected chi connectivity index (χ3v) is 3.87. The molecule has 6 nitrogen and oxygen atoms in total. The highest BCUT2D eigenvalue weighted by molar-refractivity contribution is 5.63. The summed E-state index contributed by atoms with van der Waals surface area (Å²) in [6.07, 6.45) is 1.11. The number of nitrogens with zero attached hydrogens (tertiary/aromatic N) is 4. The number of anilines is 2. The van der Waals surface area contributed by atoms with Crippen LogP contribution in [-0.2, 0) is 13.6 Å². The first-order valence-electron chi connectivity index (χ1n) is 6.44. The van der Waals surface area contributed by atoms with Gasteiger partial charge in [-0.1, -0.05) is 0 Å². The van der Waals surface area contributed by atoms with Gasteiger partial charge < -0.3 is 15.5 Å². The second kappa shape index (κ2) is 4.68. The Hall–Kier alpha value is -1.43. The van der Waals surface area contributed by atoms with Crippen LogP contribution in [0, 0.1) is 0 Å². The van der Waals surface area contributed by atoms with Crippen LogP contribution in [0.5, 0.6) is 0 Å². The molecule has 0 radical (unpaired) electrons. The van der Waals surface area contributed by atoms with E-state index in [9.17, 15) is 4.79 Å². The largest absolute Gasteiger partial charge is 0.391 e. The lowest BCUT2D eigenvalue weighted by Gasteiger charge is -2.22. The highest BCUT2D eigenvalue weighted by Crippen LogP contribution is 2.25. The maximum absolute atomic E-state index is 12.0. The number of rotatable bonds is 3. The zero-order valence-corrected chi connectivity index (χ0v) is 11.7. The van der Waals surface area contributed by atoms with Crippen LogP contribution in [-0.4, -0.2) is 47.5 Å². The Balaban J connectivity index is 2.33. The third kappa shape index (κ3) is 1.90. The van der Waals surface area contributed by atoms with Gasteiger partial charge in [0, 0.05) is 32.7 Å². The highest BCUT2D eigenvalue weighted by Gasteiger charge is 2.28. The number of nitrogens with two attached hydrogens (primary N) is 1. The average molecular weight is 253 g/mol. The van der Waals surface area contributed by atoms with Gasteiger partial charge in [0.1, 0.15) is 5.69 Å². The van der Waals surface area contributed by atoms with Crippen molar-refractivity contribution in [1.29, 1.82) is 0 Å². The number of hydrogen-bond donors (Lipinski definition) is 1. The van der Waals surface area contributed by atoms with E-state index < -0.39 is 0 Å². The number of likely N-dealkylation sites (N-methyl/N-ethyl adjacent to an activating group) is 1. The Morgan fingerprint density at radius 1 is 1.44 bits per heavy atom. The molecule has 0 spiro atoms. The van der Waals surface area contributed by atoms with Crippen molar-refractivity contribution >= 4 is 11.5 Å². The molecular weight excluding hydrogens is 230 g/mol. The van der Waals surface area contributed by atoms with Gasteiger partial charge >= 0.3 is 0 Å². The van der Waals surface area contributed by atoms with Crippen molar-refractivity contribution < 1.29 is 0 Å². The average Bonchev–Trinajstić information content (AvgIpc) is 2.85. The molecule has 1 aliphatic rings. The Labute approximate surface area is 108 Å². The molecule has 0 saturated carbocycles. The van der Waals surface area contributed by atoms with Gasteiger partial charge in [-0.2, -0.15) is 0 Å². The van der Waals surface area contributed by atoms with Gasteiger partial charge in [0.05, 0.1) is 0 Å². The van der Waals surface area contributed by atoms with E-state index in [1.807, 2.05) is 18.7 Å². The van der Waals surface area contributed by atoms with Crippen molar-refractivity contribution in [2.75, 3.05) is 37.8 Å². The van der Waals surface area contributed by atoms with Crippen LogP contribution in [0.2, 0.25) is 0 Å². The molecular formula is C12H23N5O. The SMILES string of the molecule is CCn1c(=O)c(N)c(N2CCC(N(C)C)C2)n1C. The molecule has 1 aromatic heterocycles. The summed E-state index contributed by atoms with van der Waals surface area (Å²) < 4.78 is 3.56. The minimum atomic E-state index is -0.0803. The Morgan fingerprint density at radius 3 is 2.56 bits per heavy atom. The van der Waals surface area contributed by atoms with Gasteiger partial charge in [-0.05, 0) is 27.4 Å². The lowest BCUT2D eigenvalue weighted by molar-refractivity contribution is 0.315. The van der Waals surface area contributed by atoms with E-state index >= 15 is 0 Å². The van der Waals surface area contributed by atoms with E-state index in [0.717, 1.165) is 25.3 Å². The second-order valence-electron chi connectivity index (χ2n) is 5.13. The first-order chi connectivity index (χ1) is 8.47. The van der Waals surface area contributed by atoms with Gasteiger partial charge in [0.2, 0.25) is 0 Å². The first kappa shape index (κ1) is 13.0. The lowest BCUT2D eigenvalue weighted by Crippen LogP contribution is -2.32. The minimum absolute atomic E-state index is 0.0803. The summed E-state index contributed by atoms with van der Waals surface area (Å²) in [7, 11) is 6.08. The molecule has 1 saturated heterocycles. The Kier molecular flexibility index (Phi) is 3.38. The smallest absolute Gasteiger partial charge is 0.292 e. The van der Waals surface area contributed by atoms with Crippen LogP contribution in [0.15, 0.2) is 4.79 Å². The summed E-state index contributed by atoms with van der Waals surface area (Å²) in [5.41, 5.74) is 6.27. The maximum atomic E-state index is 12.0. The molecule has 2 rings (SSSR count). The van der Waals surface area contributed by atoms with Crippen LogP contribution in [0.3, 0.4) is 0 Å². The maximum Gasteiger partial charge on any atom is 0.292 e. The van der Waals surface area contributed by atoms with Crippen molar-refractivity contribution in [2.45, 2.75) is 25.9 Å². The van der Waals surface area contributed by atoms with Crippen LogP contribution in [0.25, 0.3) is 0 Å². The van der Waals surface area contributed by atoms with E-state index in [-0.39, 0.29) is 5.56 Å². The summed E-state index contributed by atoms with van der Waals surface area (Å²) in [6, 6.07) is 0.532. The van der Waals surface area contributed by atoms with Gasteiger partial charge in [-0.3, -0.25) is 9.48 Å². The zero-order valence-electron chi connectivity index (χ0n) is 11.7. The molecule has 0 aliphatic carbocycles. The van der Waals surface area contributed by atoms with E-state index in [1.165, 1.54) is 0 Å². The van der Waals surface area contributed by atoms with Crippen LogP contribution >= 0.6 is 0 Å². The Bertz CT molecular complexity index is 487. The molecule has 18 heavy (non-hydrogen) atoms. The molecule has 1 atom stereocenters. The summed E-state index contributed by atoms with van der Waals surface area (Å²) in [4.78, 5) is 16.4. The molecule has 1 aliphatic heterocycles. The summed E-state index contributed by atoms with van der Waals surface area (Å²) in [6.45, 7) is 4.48. The fourth-order valence-corrected chi connectivity index (χ4v) is 2.75. The van der Waals surface area contributed by atoms with Crippen LogP contribution in [0.1, 0.15) is 13.3 Å². The fraction of sp³-hybridized carbons (Fsp3) is 0.750. The number of aromatic nitrogens is 2. The standard InChI is InChI=1S/C12H23N5O/c1-5-17-12(18)10(13)11(15(17)4)16-7-6-9(8-16)14(2)3/h9H,5-8,13H2,1-4H3. The van der Waals surface area contributed by atoms with Gasteiger partial charge in [-0.25, -0.2) is 4.68 Å².